The second-order valence-corrected chi connectivity index (χ2v) is 10.9. The number of halogens is 4. The molecule has 0 saturated carbocycles. The minimum absolute atomic E-state index is 0.0126. The van der Waals surface area contributed by atoms with E-state index >= 15 is 0 Å². The first kappa shape index (κ1) is 27.7. The Bertz CT molecular complexity index is 941. The second-order valence-electron chi connectivity index (χ2n) is 6.94. The van der Waals surface area contributed by atoms with Gasteiger partial charge in [0.2, 0.25) is 9.70 Å². The molecule has 2 rings (SSSR count). The number of hydrogen-bond acceptors (Lipinski definition) is 7. The van der Waals surface area contributed by atoms with Crippen molar-refractivity contribution in [3.8, 4) is 5.75 Å². The number of allylic oxidation sites excluding steroid dienone is 1. The van der Waals surface area contributed by atoms with Crippen LogP contribution in [0, 0.1) is 0 Å². The Morgan fingerprint density at radius 3 is 2.33 bits per heavy atom. The lowest BCUT2D eigenvalue weighted by Crippen LogP contribution is -2.61. The van der Waals surface area contributed by atoms with Crippen molar-refractivity contribution < 1.29 is 28.6 Å². The molecule has 0 aromatic heterocycles. The van der Waals surface area contributed by atoms with Gasteiger partial charge in [-0.25, -0.2) is 9.59 Å². The van der Waals surface area contributed by atoms with Crippen LogP contribution in [-0.4, -0.2) is 51.0 Å². The van der Waals surface area contributed by atoms with E-state index in [9.17, 15) is 14.4 Å². The first-order chi connectivity index (χ1) is 15.4. The summed E-state index contributed by atoms with van der Waals surface area (Å²) in [7, 11) is 1.56. The molecule has 0 aliphatic carbocycles. The Balaban J connectivity index is 2.02. The fourth-order valence-electron chi connectivity index (χ4n) is 2.66. The summed E-state index contributed by atoms with van der Waals surface area (Å²) in [6.07, 6.45) is 1.11. The average molecular weight is 557 g/mol. The number of carbonyl (C=O) groups is 3. The quantitative estimate of drug-likeness (QED) is 0.184. The van der Waals surface area contributed by atoms with Gasteiger partial charge in [-0.3, -0.25) is 9.69 Å². The van der Waals surface area contributed by atoms with Crippen LogP contribution in [0.1, 0.15) is 19.4 Å². The molecule has 0 radical (unpaired) electrons. The molecule has 1 amide bonds. The molecule has 1 aliphatic heterocycles. The summed E-state index contributed by atoms with van der Waals surface area (Å²) in [6.45, 7) is 2.97. The molecule has 0 bridgehead atoms. The number of amides is 1. The van der Waals surface area contributed by atoms with Crippen LogP contribution in [0.25, 0.3) is 0 Å². The largest absolute Gasteiger partial charge is 0.497 e. The first-order valence-electron chi connectivity index (χ1n) is 9.44. The number of rotatable bonds is 9. The molecule has 1 aliphatic rings. The number of benzene rings is 1. The standard InChI is InChI=1S/C21H21Cl4NO6S/c1-12(2)17(20(29)31-10-13-4-6-14(30-3)7-5-13)26-18(28)16(22)19(26)33-9-8-15(27)32-11-21(23,24)25/h4-9,16,19H,10-11H2,1-3H3/t16-,19+/m0/s1. The Hall–Kier alpha value is -1.58. The van der Waals surface area contributed by atoms with E-state index in [0.29, 0.717) is 11.3 Å². The maximum Gasteiger partial charge on any atom is 0.355 e. The van der Waals surface area contributed by atoms with Gasteiger partial charge in [0.05, 0.1) is 7.11 Å². The Labute approximate surface area is 215 Å². The summed E-state index contributed by atoms with van der Waals surface area (Å²) in [6, 6.07) is 7.03. The highest BCUT2D eigenvalue weighted by atomic mass is 35.6. The normalized spacial score (nSPS) is 18.0. The van der Waals surface area contributed by atoms with Crippen LogP contribution in [0.15, 0.2) is 47.0 Å². The number of esters is 2. The zero-order valence-corrected chi connectivity index (χ0v) is 21.7. The number of carbonyl (C=O) groups excluding carboxylic acids is 3. The van der Waals surface area contributed by atoms with Crippen molar-refractivity contribution in [3.63, 3.8) is 0 Å². The summed E-state index contributed by atoms with van der Waals surface area (Å²) >= 11 is 23.8. The van der Waals surface area contributed by atoms with Crippen molar-refractivity contribution in [1.29, 1.82) is 0 Å². The SMILES string of the molecule is COc1ccc(COC(=O)C(=C(C)C)N2C(=O)[C@H](Cl)[C@H]2SC=CC(=O)OCC(Cl)(Cl)Cl)cc1. The minimum Gasteiger partial charge on any atom is -0.497 e. The van der Waals surface area contributed by atoms with Gasteiger partial charge < -0.3 is 14.2 Å². The average Bonchev–Trinajstić information content (AvgIpc) is 2.77. The molecule has 1 aromatic carbocycles. The van der Waals surface area contributed by atoms with Crippen LogP contribution in [-0.2, 0) is 30.5 Å². The predicted octanol–water partition coefficient (Wildman–Crippen LogP) is 4.97. The predicted molar refractivity (Wildman–Crippen MR) is 129 cm³/mol. The summed E-state index contributed by atoms with van der Waals surface area (Å²) in [5.41, 5.74) is 1.42. The first-order valence-corrected chi connectivity index (χ1v) is 12.0. The third-order valence-electron chi connectivity index (χ3n) is 4.22. The molecule has 0 unspecified atom stereocenters. The van der Waals surface area contributed by atoms with Gasteiger partial charge in [0.15, 0.2) is 0 Å². The Morgan fingerprint density at radius 2 is 1.79 bits per heavy atom. The lowest BCUT2D eigenvalue weighted by molar-refractivity contribution is -0.149. The maximum atomic E-state index is 12.8. The van der Waals surface area contributed by atoms with E-state index in [1.165, 1.54) is 10.3 Å². The minimum atomic E-state index is -1.72. The topological polar surface area (TPSA) is 82.1 Å². The molecule has 0 spiro atoms. The Morgan fingerprint density at radius 1 is 1.15 bits per heavy atom. The van der Waals surface area contributed by atoms with Crippen molar-refractivity contribution in [2.24, 2.45) is 0 Å². The van der Waals surface area contributed by atoms with Crippen LogP contribution in [0.2, 0.25) is 0 Å². The molecule has 180 valence electrons. The molecular formula is C21H21Cl4NO6S. The van der Waals surface area contributed by atoms with Gasteiger partial charge in [0.25, 0.3) is 0 Å². The summed E-state index contributed by atoms with van der Waals surface area (Å²) in [5, 5.41) is -0.124. The number of alkyl halides is 4. The van der Waals surface area contributed by atoms with Crippen LogP contribution >= 0.6 is 58.2 Å². The third kappa shape index (κ3) is 8.00. The van der Waals surface area contributed by atoms with Crippen LogP contribution in [0.4, 0.5) is 0 Å². The number of thioether (sulfide) groups is 1. The zero-order valence-electron chi connectivity index (χ0n) is 17.8. The number of ether oxygens (including phenoxy) is 3. The smallest absolute Gasteiger partial charge is 0.355 e. The number of nitrogens with zero attached hydrogens (tertiary/aromatic N) is 1. The highest BCUT2D eigenvalue weighted by Gasteiger charge is 2.50. The van der Waals surface area contributed by atoms with E-state index in [4.69, 9.17) is 60.6 Å². The van der Waals surface area contributed by atoms with Gasteiger partial charge in [0, 0.05) is 6.08 Å². The lowest BCUT2D eigenvalue weighted by atomic mass is 10.1. The molecule has 33 heavy (non-hydrogen) atoms. The van der Waals surface area contributed by atoms with Gasteiger partial charge in [-0.15, -0.1) is 23.4 Å². The Kier molecular flexibility index (Phi) is 10.2. The van der Waals surface area contributed by atoms with Gasteiger partial charge in [0.1, 0.15) is 35.4 Å². The second kappa shape index (κ2) is 12.2. The molecular weight excluding hydrogens is 536 g/mol. The molecule has 1 saturated heterocycles. The number of methoxy groups -OCH3 is 1. The van der Waals surface area contributed by atoms with E-state index < -0.39 is 39.0 Å². The van der Waals surface area contributed by atoms with E-state index in [1.54, 1.807) is 45.2 Å². The molecule has 1 fully saturated rings. The van der Waals surface area contributed by atoms with E-state index in [1.807, 2.05) is 0 Å². The van der Waals surface area contributed by atoms with Crippen molar-refractivity contribution in [2.45, 2.75) is 35.0 Å². The van der Waals surface area contributed by atoms with Gasteiger partial charge in [-0.05, 0) is 42.5 Å². The maximum absolute atomic E-state index is 12.8. The molecule has 12 heteroatoms. The van der Waals surface area contributed by atoms with Crippen molar-refractivity contribution >= 4 is 76.0 Å². The number of hydrogen-bond donors (Lipinski definition) is 0. The molecule has 0 N–H and O–H groups in total. The molecule has 7 nitrogen and oxygen atoms in total. The summed E-state index contributed by atoms with van der Waals surface area (Å²) in [5.74, 6) is -1.17. The summed E-state index contributed by atoms with van der Waals surface area (Å²) < 4.78 is 13.6. The molecule has 1 heterocycles. The van der Waals surface area contributed by atoms with E-state index in [0.717, 1.165) is 23.4 Å². The molecule has 2 atom stereocenters. The fraction of sp³-hybridized carbons (Fsp3) is 0.381. The van der Waals surface area contributed by atoms with Crippen molar-refractivity contribution in [3.05, 3.63) is 52.6 Å². The van der Waals surface area contributed by atoms with Crippen molar-refractivity contribution in [1.82, 2.24) is 4.90 Å². The van der Waals surface area contributed by atoms with E-state index in [-0.39, 0.29) is 12.3 Å². The zero-order chi connectivity index (χ0) is 24.8. The highest BCUT2D eigenvalue weighted by Crippen LogP contribution is 2.38. The van der Waals surface area contributed by atoms with Crippen LogP contribution in [0.3, 0.4) is 0 Å². The van der Waals surface area contributed by atoms with Gasteiger partial charge >= 0.3 is 11.9 Å². The van der Waals surface area contributed by atoms with Crippen LogP contribution in [0.5, 0.6) is 5.75 Å². The third-order valence-corrected chi connectivity index (χ3v) is 6.17. The highest BCUT2D eigenvalue weighted by molar-refractivity contribution is 8.03. The summed E-state index contributed by atoms with van der Waals surface area (Å²) in [4.78, 5) is 38.2. The van der Waals surface area contributed by atoms with Gasteiger partial charge in [-0.2, -0.15) is 0 Å². The number of β-lactam (4-membered cyclic amide) rings is 1. The van der Waals surface area contributed by atoms with Crippen LogP contribution < -0.4 is 4.74 Å². The van der Waals surface area contributed by atoms with Crippen molar-refractivity contribution in [2.75, 3.05) is 13.7 Å². The molecule has 1 aromatic rings. The monoisotopic (exact) mass is 555 g/mol. The van der Waals surface area contributed by atoms with Gasteiger partial charge in [-0.1, -0.05) is 46.9 Å². The lowest BCUT2D eigenvalue weighted by Gasteiger charge is -2.43. The fourth-order valence-corrected chi connectivity index (χ4v) is 4.15. The van der Waals surface area contributed by atoms with E-state index in [2.05, 4.69) is 0 Å². The number of likely N-dealkylation sites (tertiary alicyclic amines) is 1.